The third-order valence-electron chi connectivity index (χ3n) is 8.19. The molecule has 0 fully saturated rings. The topological polar surface area (TPSA) is 92.0 Å². The van der Waals surface area contributed by atoms with Crippen LogP contribution in [-0.4, -0.2) is 131 Å². The normalized spacial score (nSPS) is 11.8. The van der Waals surface area contributed by atoms with Crippen molar-refractivity contribution in [3.8, 4) is 23.7 Å². The van der Waals surface area contributed by atoms with Crippen molar-refractivity contribution in [2.75, 3.05) is 99.9 Å². The largest absolute Gasteiger partial charge is 0.457 e. The molecular formula is C39H70N3O7+3. The van der Waals surface area contributed by atoms with Gasteiger partial charge < -0.3 is 32.1 Å². The van der Waals surface area contributed by atoms with Gasteiger partial charge in [-0.15, -0.1) is 0 Å². The minimum Gasteiger partial charge on any atom is -0.457 e. The fourth-order valence-corrected chi connectivity index (χ4v) is 5.35. The van der Waals surface area contributed by atoms with Crippen LogP contribution in [0.15, 0.2) is 22.8 Å². The van der Waals surface area contributed by atoms with E-state index in [1.165, 1.54) is 32.1 Å². The standard InChI is InChI=1S/C15H28NO2.C14H26NO2.C10H16NO3/c1-5-9-12-16(8-4,11-7-3)13-14-18-15(17)10-6-2;1-5-9-14(16)17-13-12-15(8-4,10-6-2)11-7-3;1-11(2,3)6-8-14-10(12)9-5-4-7-13-9/h5,7-9,11-14H2,1-4H3;6-8,10-13H2,1-4H3;4-5,7H,6,8H2,1-3H3/q3*+1. The first kappa shape index (κ1) is 47.8. The molecule has 0 saturated carbocycles. The molecule has 0 aromatic carbocycles. The molecule has 1 rings (SSSR count). The van der Waals surface area contributed by atoms with Crippen LogP contribution in [0.4, 0.5) is 0 Å². The molecule has 1 atom stereocenters. The highest BCUT2D eigenvalue weighted by Gasteiger charge is 2.24. The number of hydrogen-bond acceptors (Lipinski definition) is 7. The van der Waals surface area contributed by atoms with Crippen molar-refractivity contribution in [1.29, 1.82) is 0 Å². The molecule has 0 aliphatic heterocycles. The van der Waals surface area contributed by atoms with Gasteiger partial charge in [0.15, 0.2) is 0 Å². The van der Waals surface area contributed by atoms with Gasteiger partial charge in [0, 0.05) is 11.8 Å². The molecule has 10 heteroatoms. The lowest BCUT2D eigenvalue weighted by Gasteiger charge is -2.37. The summed E-state index contributed by atoms with van der Waals surface area (Å²) in [5.41, 5.74) is 0. The Hall–Kier alpha value is -3.31. The maximum atomic E-state index is 11.3. The van der Waals surface area contributed by atoms with Crippen molar-refractivity contribution < 1.29 is 46.5 Å². The summed E-state index contributed by atoms with van der Waals surface area (Å²) in [6, 6.07) is 3.25. The van der Waals surface area contributed by atoms with Crippen molar-refractivity contribution in [2.24, 2.45) is 0 Å². The zero-order valence-corrected chi connectivity index (χ0v) is 33.0. The SMILES string of the molecule is CC#CC(=O)OCC[N+](CC)(CCC)CCC.CC#CC(=O)OCC[N+](CC)(CCC)CCCC.C[N+](C)(C)CCOC(=O)c1ccco1. The summed E-state index contributed by atoms with van der Waals surface area (Å²) in [5.74, 6) is 8.96. The van der Waals surface area contributed by atoms with E-state index in [2.05, 4.69) is 65.2 Å². The molecule has 1 aromatic heterocycles. The highest BCUT2D eigenvalue weighted by molar-refractivity contribution is 5.88. The van der Waals surface area contributed by atoms with Gasteiger partial charge in [0.25, 0.3) is 0 Å². The third kappa shape index (κ3) is 24.5. The average molecular weight is 693 g/mol. The summed E-state index contributed by atoms with van der Waals surface area (Å²) in [7, 11) is 6.13. The van der Waals surface area contributed by atoms with Crippen LogP contribution in [0.25, 0.3) is 0 Å². The van der Waals surface area contributed by atoms with E-state index in [4.69, 9.17) is 18.6 Å². The van der Waals surface area contributed by atoms with Crippen molar-refractivity contribution in [3.05, 3.63) is 24.2 Å². The second-order valence-corrected chi connectivity index (χ2v) is 13.2. The predicted molar refractivity (Wildman–Crippen MR) is 197 cm³/mol. The molecule has 280 valence electrons. The van der Waals surface area contributed by atoms with Gasteiger partial charge in [0.2, 0.25) is 5.76 Å². The summed E-state index contributed by atoms with van der Waals surface area (Å²) >= 11 is 0. The van der Waals surface area contributed by atoms with Crippen LogP contribution < -0.4 is 0 Å². The van der Waals surface area contributed by atoms with E-state index in [0.717, 1.165) is 78.6 Å². The molecule has 49 heavy (non-hydrogen) atoms. The molecule has 1 unspecified atom stereocenters. The second-order valence-electron chi connectivity index (χ2n) is 13.2. The van der Waals surface area contributed by atoms with E-state index in [9.17, 15) is 14.4 Å². The quantitative estimate of drug-likeness (QED) is 0.0517. The summed E-state index contributed by atoms with van der Waals surface area (Å²) in [4.78, 5) is 33.6. The number of rotatable bonds is 21. The zero-order chi connectivity index (χ0) is 37.6. The third-order valence-corrected chi connectivity index (χ3v) is 8.19. The molecule has 0 radical (unpaired) electrons. The predicted octanol–water partition coefficient (Wildman–Crippen LogP) is 5.95. The lowest BCUT2D eigenvalue weighted by atomic mass is 10.2. The van der Waals surface area contributed by atoms with E-state index in [-0.39, 0.29) is 5.76 Å². The first-order valence-electron chi connectivity index (χ1n) is 18.2. The Morgan fingerprint density at radius 1 is 0.633 bits per heavy atom. The fraction of sp³-hybridized carbons (Fsp3) is 0.718. The molecule has 0 aliphatic carbocycles. The molecule has 0 saturated heterocycles. The van der Waals surface area contributed by atoms with Crippen molar-refractivity contribution >= 4 is 17.9 Å². The average Bonchev–Trinajstić information content (AvgIpc) is 3.60. The number of unbranched alkanes of at least 4 members (excludes halogenated alkanes) is 1. The maximum Gasteiger partial charge on any atom is 0.384 e. The first-order chi connectivity index (χ1) is 23.3. The highest BCUT2D eigenvalue weighted by Crippen LogP contribution is 2.11. The number of carbonyl (C=O) groups excluding carboxylic acids is 3. The number of ether oxygens (including phenoxy) is 3. The van der Waals surface area contributed by atoms with Gasteiger partial charge in [0.1, 0.15) is 39.5 Å². The molecule has 1 heterocycles. The number of likely N-dealkylation sites (N-methyl/N-ethyl adjacent to an activating group) is 3. The number of quaternary nitrogens is 3. The Morgan fingerprint density at radius 2 is 1.08 bits per heavy atom. The Balaban J connectivity index is 0. The van der Waals surface area contributed by atoms with Gasteiger partial charge in [-0.2, -0.15) is 0 Å². The van der Waals surface area contributed by atoms with Crippen LogP contribution >= 0.6 is 0 Å². The molecule has 0 N–H and O–H groups in total. The van der Waals surface area contributed by atoms with Crippen LogP contribution in [0.2, 0.25) is 0 Å². The van der Waals surface area contributed by atoms with Gasteiger partial charge in [-0.1, -0.05) is 46.0 Å². The molecule has 0 spiro atoms. The van der Waals surface area contributed by atoms with Crippen LogP contribution in [0.3, 0.4) is 0 Å². The van der Waals surface area contributed by atoms with E-state index in [0.29, 0.717) is 19.8 Å². The van der Waals surface area contributed by atoms with Gasteiger partial charge in [0.05, 0.1) is 66.7 Å². The van der Waals surface area contributed by atoms with E-state index >= 15 is 0 Å². The lowest BCUT2D eigenvalue weighted by Crippen LogP contribution is -2.51. The number of esters is 3. The maximum absolute atomic E-state index is 11.3. The highest BCUT2D eigenvalue weighted by atomic mass is 16.5. The Labute approximate surface area is 299 Å². The fourth-order valence-electron chi connectivity index (χ4n) is 5.35. The molecule has 0 amide bonds. The van der Waals surface area contributed by atoms with E-state index in [1.807, 2.05) is 21.1 Å². The van der Waals surface area contributed by atoms with Crippen molar-refractivity contribution in [2.45, 2.75) is 87.5 Å². The molecule has 10 nitrogen and oxygen atoms in total. The monoisotopic (exact) mass is 693 g/mol. The smallest absolute Gasteiger partial charge is 0.384 e. The van der Waals surface area contributed by atoms with E-state index in [1.54, 1.807) is 26.0 Å². The van der Waals surface area contributed by atoms with E-state index < -0.39 is 17.9 Å². The van der Waals surface area contributed by atoms with Crippen LogP contribution in [-0.2, 0) is 23.8 Å². The first-order valence-corrected chi connectivity index (χ1v) is 18.2. The van der Waals surface area contributed by atoms with Gasteiger partial charge in [-0.25, -0.2) is 14.4 Å². The Bertz CT molecular complexity index is 1130. The number of nitrogens with zero attached hydrogens (tertiary/aromatic N) is 3. The van der Waals surface area contributed by atoms with Crippen LogP contribution in [0.1, 0.15) is 98.0 Å². The number of hydrogen-bond donors (Lipinski definition) is 0. The van der Waals surface area contributed by atoms with Crippen molar-refractivity contribution in [1.82, 2.24) is 0 Å². The van der Waals surface area contributed by atoms with Gasteiger partial charge in [-0.05, 0) is 65.5 Å². The lowest BCUT2D eigenvalue weighted by molar-refractivity contribution is -0.926. The second kappa shape index (κ2) is 28.5. The number of furan rings is 1. The minimum atomic E-state index is -0.408. The Morgan fingerprint density at radius 3 is 1.43 bits per heavy atom. The summed E-state index contributed by atoms with van der Waals surface area (Å²) in [6.45, 7) is 27.3. The number of carbonyl (C=O) groups is 3. The molecule has 0 bridgehead atoms. The Kier molecular flexibility index (Phi) is 27.8. The molecule has 0 aliphatic rings. The summed E-state index contributed by atoms with van der Waals surface area (Å²) < 4.78 is 23.0. The minimum absolute atomic E-state index is 0.256. The summed E-state index contributed by atoms with van der Waals surface area (Å²) in [5, 5.41) is 0. The molecule has 1 aromatic rings. The zero-order valence-electron chi connectivity index (χ0n) is 33.0. The van der Waals surface area contributed by atoms with Gasteiger partial charge in [-0.3, -0.25) is 0 Å². The summed E-state index contributed by atoms with van der Waals surface area (Å²) in [6.07, 6.45) is 7.39. The van der Waals surface area contributed by atoms with Crippen LogP contribution in [0.5, 0.6) is 0 Å². The van der Waals surface area contributed by atoms with Crippen LogP contribution in [0, 0.1) is 23.7 Å². The molecular weight excluding hydrogens is 622 g/mol. The van der Waals surface area contributed by atoms with Gasteiger partial charge >= 0.3 is 17.9 Å². The van der Waals surface area contributed by atoms with Crippen molar-refractivity contribution in [3.63, 3.8) is 0 Å².